The number of fused-ring (bicyclic) bond motifs is 1. The summed E-state index contributed by atoms with van der Waals surface area (Å²) in [5, 5.41) is 5.10. The molecule has 1 aromatic heterocycles. The number of rotatable bonds is 3. The number of aromatic nitrogens is 2. The fourth-order valence-corrected chi connectivity index (χ4v) is 2.61. The van der Waals surface area contributed by atoms with Crippen molar-refractivity contribution in [1.29, 1.82) is 0 Å². The van der Waals surface area contributed by atoms with Crippen molar-refractivity contribution in [3.05, 3.63) is 69.7 Å². The minimum Gasteiger partial charge on any atom is -0.308 e. The van der Waals surface area contributed by atoms with Gasteiger partial charge in [0, 0.05) is 10.2 Å². The van der Waals surface area contributed by atoms with Crippen LogP contribution in [0.5, 0.6) is 0 Å². The van der Waals surface area contributed by atoms with Gasteiger partial charge in [-0.15, -0.1) is 0 Å². The van der Waals surface area contributed by atoms with Crippen LogP contribution in [-0.4, -0.2) is 21.5 Å². The fourth-order valence-electron chi connectivity index (χ4n) is 2.25. The number of anilines is 1. The van der Waals surface area contributed by atoms with Gasteiger partial charge in [0.05, 0.1) is 17.2 Å². The number of amides is 3. The summed E-state index contributed by atoms with van der Waals surface area (Å²) >= 11 is 3.30. The summed E-state index contributed by atoms with van der Waals surface area (Å²) in [5.41, 5.74) is 0.735. The van der Waals surface area contributed by atoms with Crippen molar-refractivity contribution in [3.63, 3.8) is 0 Å². The smallest absolute Gasteiger partial charge is 0.308 e. The molecule has 2 N–H and O–H groups in total. The SMILES string of the molecule is O=C(Cn1cnc2ccc(Br)cc2c1=O)NC(=O)Nc1ccccc1. The average Bonchev–Trinajstić information content (AvgIpc) is 2.58. The molecule has 0 aliphatic carbocycles. The number of carbonyl (C=O) groups is 2. The number of carbonyl (C=O) groups excluding carboxylic acids is 2. The van der Waals surface area contributed by atoms with Crippen LogP contribution in [0.3, 0.4) is 0 Å². The summed E-state index contributed by atoms with van der Waals surface area (Å²) in [6, 6.07) is 13.2. The zero-order valence-electron chi connectivity index (χ0n) is 12.9. The molecule has 2 aromatic carbocycles. The molecule has 3 aromatic rings. The van der Waals surface area contributed by atoms with E-state index >= 15 is 0 Å². The van der Waals surface area contributed by atoms with Crippen molar-refractivity contribution < 1.29 is 9.59 Å². The summed E-state index contributed by atoms with van der Waals surface area (Å²) in [6.45, 7) is -0.309. The standard InChI is InChI=1S/C17H13BrN4O3/c18-11-6-7-14-13(8-11)16(24)22(10-19-14)9-15(23)21-17(25)20-12-4-2-1-3-5-12/h1-8,10H,9H2,(H2,20,21,23,25). The van der Waals surface area contributed by atoms with Gasteiger partial charge in [-0.2, -0.15) is 0 Å². The van der Waals surface area contributed by atoms with Crippen LogP contribution in [0.25, 0.3) is 10.9 Å². The Morgan fingerprint density at radius 3 is 2.64 bits per heavy atom. The highest BCUT2D eigenvalue weighted by atomic mass is 79.9. The molecular formula is C17H13BrN4O3. The maximum absolute atomic E-state index is 12.4. The predicted octanol–water partition coefficient (Wildman–Crippen LogP) is 2.51. The molecule has 126 valence electrons. The van der Waals surface area contributed by atoms with E-state index in [1.807, 2.05) is 6.07 Å². The van der Waals surface area contributed by atoms with E-state index in [1.165, 1.54) is 6.33 Å². The molecule has 0 aliphatic rings. The molecule has 0 spiro atoms. The lowest BCUT2D eigenvalue weighted by Gasteiger charge is -2.08. The molecule has 0 atom stereocenters. The van der Waals surface area contributed by atoms with Gasteiger partial charge in [-0.1, -0.05) is 34.1 Å². The van der Waals surface area contributed by atoms with Crippen molar-refractivity contribution in [3.8, 4) is 0 Å². The lowest BCUT2D eigenvalue weighted by Crippen LogP contribution is -2.38. The molecule has 7 nitrogen and oxygen atoms in total. The molecule has 0 aliphatic heterocycles. The van der Waals surface area contributed by atoms with Crippen molar-refractivity contribution in [2.24, 2.45) is 0 Å². The van der Waals surface area contributed by atoms with Gasteiger partial charge < -0.3 is 5.32 Å². The second kappa shape index (κ2) is 7.27. The summed E-state index contributed by atoms with van der Waals surface area (Å²) < 4.78 is 1.89. The van der Waals surface area contributed by atoms with Crippen LogP contribution in [0.15, 0.2) is 64.1 Å². The predicted molar refractivity (Wildman–Crippen MR) is 97.3 cm³/mol. The number of nitrogens with one attached hydrogen (secondary N) is 2. The van der Waals surface area contributed by atoms with Crippen LogP contribution in [-0.2, 0) is 11.3 Å². The first-order chi connectivity index (χ1) is 12.0. The third-order valence-electron chi connectivity index (χ3n) is 3.38. The first kappa shape index (κ1) is 16.8. The van der Waals surface area contributed by atoms with E-state index in [9.17, 15) is 14.4 Å². The fraction of sp³-hybridized carbons (Fsp3) is 0.0588. The molecule has 0 fully saturated rings. The number of halogens is 1. The van der Waals surface area contributed by atoms with E-state index in [2.05, 4.69) is 31.5 Å². The van der Waals surface area contributed by atoms with Crippen LogP contribution >= 0.6 is 15.9 Å². The number of imide groups is 1. The zero-order valence-corrected chi connectivity index (χ0v) is 14.5. The molecule has 0 bridgehead atoms. The molecule has 1 heterocycles. The highest BCUT2D eigenvalue weighted by molar-refractivity contribution is 9.10. The summed E-state index contributed by atoms with van der Waals surface area (Å²) in [5.74, 6) is -0.619. The normalized spacial score (nSPS) is 10.4. The monoisotopic (exact) mass is 400 g/mol. The quantitative estimate of drug-likeness (QED) is 0.706. The number of urea groups is 1. The molecular weight excluding hydrogens is 388 g/mol. The average molecular weight is 401 g/mol. The minimum atomic E-state index is -0.666. The van der Waals surface area contributed by atoms with Gasteiger partial charge in [0.15, 0.2) is 0 Å². The molecule has 25 heavy (non-hydrogen) atoms. The number of hydrogen-bond acceptors (Lipinski definition) is 4. The van der Waals surface area contributed by atoms with Gasteiger partial charge in [-0.25, -0.2) is 9.78 Å². The van der Waals surface area contributed by atoms with Crippen LogP contribution in [0, 0.1) is 0 Å². The van der Waals surface area contributed by atoms with Gasteiger partial charge in [-0.05, 0) is 30.3 Å². The van der Waals surface area contributed by atoms with E-state index in [0.717, 1.165) is 9.04 Å². The van der Waals surface area contributed by atoms with Crippen molar-refractivity contribution in [2.75, 3.05) is 5.32 Å². The Morgan fingerprint density at radius 2 is 1.88 bits per heavy atom. The summed E-state index contributed by atoms with van der Waals surface area (Å²) in [7, 11) is 0. The third kappa shape index (κ3) is 4.10. The van der Waals surface area contributed by atoms with E-state index in [4.69, 9.17) is 0 Å². The number of benzene rings is 2. The van der Waals surface area contributed by atoms with Gasteiger partial charge in [0.2, 0.25) is 5.91 Å². The van der Waals surface area contributed by atoms with E-state index in [-0.39, 0.29) is 12.1 Å². The first-order valence-corrected chi connectivity index (χ1v) is 8.13. The second-order valence-corrected chi connectivity index (χ2v) is 6.12. The molecule has 3 amide bonds. The summed E-state index contributed by atoms with van der Waals surface area (Å²) in [4.78, 5) is 40.4. The zero-order chi connectivity index (χ0) is 17.8. The molecule has 8 heteroatoms. The van der Waals surface area contributed by atoms with Gasteiger partial charge in [0.25, 0.3) is 5.56 Å². The molecule has 0 radical (unpaired) electrons. The lowest BCUT2D eigenvalue weighted by molar-refractivity contribution is -0.120. The Morgan fingerprint density at radius 1 is 1.12 bits per heavy atom. The van der Waals surface area contributed by atoms with Gasteiger partial charge in [-0.3, -0.25) is 19.5 Å². The minimum absolute atomic E-state index is 0.309. The second-order valence-electron chi connectivity index (χ2n) is 5.21. The van der Waals surface area contributed by atoms with Gasteiger partial charge in [0.1, 0.15) is 6.54 Å². The maximum Gasteiger partial charge on any atom is 0.325 e. The topological polar surface area (TPSA) is 93.1 Å². The Hall–Kier alpha value is -3.00. The van der Waals surface area contributed by atoms with Crippen LogP contribution in [0.4, 0.5) is 10.5 Å². The molecule has 0 unspecified atom stereocenters. The number of hydrogen-bond donors (Lipinski definition) is 2. The summed E-state index contributed by atoms with van der Waals surface area (Å²) in [6.07, 6.45) is 1.28. The van der Waals surface area contributed by atoms with Crippen molar-refractivity contribution in [2.45, 2.75) is 6.54 Å². The Bertz CT molecular complexity index is 1000. The molecule has 0 saturated carbocycles. The van der Waals surface area contributed by atoms with Gasteiger partial charge >= 0.3 is 6.03 Å². The van der Waals surface area contributed by atoms with Crippen molar-refractivity contribution >= 4 is 44.5 Å². The number of nitrogens with zero attached hydrogens (tertiary/aromatic N) is 2. The van der Waals surface area contributed by atoms with E-state index in [0.29, 0.717) is 16.6 Å². The van der Waals surface area contributed by atoms with E-state index in [1.54, 1.807) is 42.5 Å². The van der Waals surface area contributed by atoms with Crippen LogP contribution in [0.1, 0.15) is 0 Å². The number of para-hydroxylation sites is 1. The van der Waals surface area contributed by atoms with Crippen LogP contribution < -0.4 is 16.2 Å². The molecule has 0 saturated heterocycles. The van der Waals surface area contributed by atoms with Crippen molar-refractivity contribution in [1.82, 2.24) is 14.9 Å². The maximum atomic E-state index is 12.4. The highest BCUT2D eigenvalue weighted by Crippen LogP contribution is 2.14. The Kier molecular flexibility index (Phi) is 4.90. The van der Waals surface area contributed by atoms with Crippen LogP contribution in [0.2, 0.25) is 0 Å². The highest BCUT2D eigenvalue weighted by Gasteiger charge is 2.11. The largest absolute Gasteiger partial charge is 0.325 e. The first-order valence-electron chi connectivity index (χ1n) is 7.33. The Labute approximate surface area is 150 Å². The third-order valence-corrected chi connectivity index (χ3v) is 3.88. The lowest BCUT2D eigenvalue weighted by atomic mass is 10.2. The van der Waals surface area contributed by atoms with E-state index < -0.39 is 11.9 Å². The molecule has 3 rings (SSSR count). The Balaban J connectivity index is 1.70.